The van der Waals surface area contributed by atoms with Gasteiger partial charge < -0.3 is 16.0 Å². The minimum Gasteiger partial charge on any atom is -0.382 e. The fourth-order valence-electron chi connectivity index (χ4n) is 3.20. The molecule has 2 atom stereocenters. The molecule has 2 unspecified atom stereocenters. The first-order chi connectivity index (χ1) is 9.13. The van der Waals surface area contributed by atoms with Crippen LogP contribution in [0.5, 0.6) is 0 Å². The molecule has 1 aromatic rings. The highest BCUT2D eigenvalue weighted by molar-refractivity contribution is 5.94. The minimum atomic E-state index is 0.126. The number of amides is 1. The largest absolute Gasteiger partial charge is 0.382 e. The van der Waals surface area contributed by atoms with Gasteiger partial charge in [-0.25, -0.2) is 0 Å². The van der Waals surface area contributed by atoms with E-state index in [1.165, 1.54) is 5.56 Å². The second-order valence-electron chi connectivity index (χ2n) is 5.68. The van der Waals surface area contributed by atoms with Crippen molar-refractivity contribution in [2.75, 3.05) is 16.8 Å². The van der Waals surface area contributed by atoms with Gasteiger partial charge in [-0.1, -0.05) is 0 Å². The van der Waals surface area contributed by atoms with E-state index in [0.717, 1.165) is 43.6 Å². The molecule has 1 amide bonds. The van der Waals surface area contributed by atoms with Crippen LogP contribution in [0.15, 0.2) is 18.2 Å². The molecular weight excluding hydrogens is 238 g/mol. The van der Waals surface area contributed by atoms with E-state index in [1.54, 1.807) is 6.92 Å². The van der Waals surface area contributed by atoms with E-state index in [4.69, 9.17) is 5.73 Å². The number of nitrogens with one attached hydrogen (secondary N) is 1. The van der Waals surface area contributed by atoms with Gasteiger partial charge in [0.15, 0.2) is 0 Å². The molecule has 2 aliphatic rings. The monoisotopic (exact) mass is 259 g/mol. The van der Waals surface area contributed by atoms with Crippen LogP contribution >= 0.6 is 0 Å². The smallest absolute Gasteiger partial charge is 0.223 e. The zero-order chi connectivity index (χ0) is 13.4. The number of carbonyl (C=O) groups is 1. The molecular formula is C15H21N3O. The van der Waals surface area contributed by atoms with Crippen LogP contribution < -0.4 is 16.0 Å². The average molecular weight is 259 g/mol. The zero-order valence-electron chi connectivity index (χ0n) is 11.4. The number of fused-ring (bicyclic) bond motifs is 1. The van der Waals surface area contributed by atoms with E-state index in [0.29, 0.717) is 12.1 Å². The maximum absolute atomic E-state index is 11.5. The van der Waals surface area contributed by atoms with Gasteiger partial charge in [-0.15, -0.1) is 0 Å². The third-order valence-electron chi connectivity index (χ3n) is 4.20. The number of hydrogen-bond acceptors (Lipinski definition) is 3. The summed E-state index contributed by atoms with van der Waals surface area (Å²) >= 11 is 0. The van der Waals surface area contributed by atoms with Crippen molar-refractivity contribution in [2.45, 2.75) is 44.7 Å². The number of carbonyl (C=O) groups excluding carboxylic acids is 1. The maximum Gasteiger partial charge on any atom is 0.223 e. The fourth-order valence-corrected chi connectivity index (χ4v) is 3.20. The van der Waals surface area contributed by atoms with E-state index in [9.17, 15) is 4.79 Å². The summed E-state index contributed by atoms with van der Waals surface area (Å²) in [6.07, 6.45) is 4.27. The molecule has 1 fully saturated rings. The van der Waals surface area contributed by atoms with Gasteiger partial charge in [-0.05, 0) is 49.4 Å². The number of benzene rings is 1. The van der Waals surface area contributed by atoms with Crippen LogP contribution in [0.2, 0.25) is 0 Å². The Hall–Kier alpha value is -1.55. The molecule has 102 valence electrons. The quantitative estimate of drug-likeness (QED) is 0.852. The van der Waals surface area contributed by atoms with Gasteiger partial charge >= 0.3 is 0 Å². The van der Waals surface area contributed by atoms with Crippen molar-refractivity contribution in [1.82, 2.24) is 0 Å². The van der Waals surface area contributed by atoms with Gasteiger partial charge in [0.05, 0.1) is 0 Å². The summed E-state index contributed by atoms with van der Waals surface area (Å²) in [6, 6.07) is 7.16. The predicted molar refractivity (Wildman–Crippen MR) is 77.4 cm³/mol. The normalized spacial score (nSPS) is 25.5. The number of hydrogen-bond donors (Lipinski definition) is 2. The summed E-state index contributed by atoms with van der Waals surface area (Å²) in [7, 11) is 0. The van der Waals surface area contributed by atoms with Gasteiger partial charge in [-0.2, -0.15) is 0 Å². The van der Waals surface area contributed by atoms with E-state index in [-0.39, 0.29) is 5.91 Å². The van der Waals surface area contributed by atoms with Gasteiger partial charge in [0.25, 0.3) is 0 Å². The molecule has 1 aromatic carbocycles. The lowest BCUT2D eigenvalue weighted by molar-refractivity contribution is -0.116. The van der Waals surface area contributed by atoms with Crippen LogP contribution in [0, 0.1) is 0 Å². The summed E-state index contributed by atoms with van der Waals surface area (Å²) in [6.45, 7) is 2.43. The average Bonchev–Trinajstić information content (AvgIpc) is 2.95. The van der Waals surface area contributed by atoms with E-state index < -0.39 is 0 Å². The molecule has 4 nitrogen and oxygen atoms in total. The third kappa shape index (κ3) is 2.45. The maximum atomic E-state index is 11.5. The Morgan fingerprint density at radius 1 is 1.42 bits per heavy atom. The Balaban J connectivity index is 1.74. The van der Waals surface area contributed by atoms with Crippen LogP contribution in [-0.4, -0.2) is 24.5 Å². The molecule has 0 saturated heterocycles. The Kier molecular flexibility index (Phi) is 3.19. The summed E-state index contributed by atoms with van der Waals surface area (Å²) in [4.78, 5) is 13.4. The molecule has 1 aliphatic carbocycles. The lowest BCUT2D eigenvalue weighted by atomic mass is 10.1. The molecule has 0 bridgehead atoms. The SMILES string of the molecule is CC(=O)N1CCc2cc(NC3CCC(N)C3)ccc21. The highest BCUT2D eigenvalue weighted by atomic mass is 16.2. The molecule has 3 N–H and O–H groups in total. The van der Waals surface area contributed by atoms with Gasteiger partial charge in [0.1, 0.15) is 0 Å². The van der Waals surface area contributed by atoms with Crippen LogP contribution in [0.3, 0.4) is 0 Å². The molecule has 0 radical (unpaired) electrons. The Morgan fingerprint density at radius 3 is 2.95 bits per heavy atom. The molecule has 0 spiro atoms. The Bertz CT molecular complexity index is 500. The lowest BCUT2D eigenvalue weighted by Gasteiger charge is -2.17. The Labute approximate surface area is 114 Å². The number of nitrogens with two attached hydrogens (primary N) is 1. The van der Waals surface area contributed by atoms with Crippen LogP contribution in [0.4, 0.5) is 11.4 Å². The van der Waals surface area contributed by atoms with Crippen molar-refractivity contribution in [1.29, 1.82) is 0 Å². The first-order valence-corrected chi connectivity index (χ1v) is 7.06. The second-order valence-corrected chi connectivity index (χ2v) is 5.68. The zero-order valence-corrected chi connectivity index (χ0v) is 11.4. The number of anilines is 2. The van der Waals surface area contributed by atoms with Crippen molar-refractivity contribution < 1.29 is 4.79 Å². The van der Waals surface area contributed by atoms with E-state index >= 15 is 0 Å². The first kappa shape index (κ1) is 12.5. The van der Waals surface area contributed by atoms with E-state index in [1.807, 2.05) is 4.90 Å². The highest BCUT2D eigenvalue weighted by Crippen LogP contribution is 2.31. The van der Waals surface area contributed by atoms with Gasteiger partial charge in [0.2, 0.25) is 5.91 Å². The molecule has 0 aromatic heterocycles. The van der Waals surface area contributed by atoms with Crippen molar-refractivity contribution >= 4 is 17.3 Å². The van der Waals surface area contributed by atoms with Gasteiger partial charge in [-0.3, -0.25) is 4.79 Å². The Morgan fingerprint density at radius 2 is 2.26 bits per heavy atom. The predicted octanol–water partition coefficient (Wildman–Crippen LogP) is 1.89. The lowest BCUT2D eigenvalue weighted by Crippen LogP contribution is -2.25. The molecule has 1 saturated carbocycles. The standard InChI is InChI=1S/C15H21N3O/c1-10(19)18-7-6-11-8-13(4-5-15(11)18)17-14-3-2-12(16)9-14/h4-5,8,12,14,17H,2-3,6-7,9,16H2,1H3. The summed E-state index contributed by atoms with van der Waals surface area (Å²) in [5.74, 6) is 0.126. The van der Waals surface area contributed by atoms with Crippen LogP contribution in [-0.2, 0) is 11.2 Å². The summed E-state index contributed by atoms with van der Waals surface area (Å²) in [5.41, 5.74) is 9.43. The molecule has 19 heavy (non-hydrogen) atoms. The van der Waals surface area contributed by atoms with Crippen LogP contribution in [0.25, 0.3) is 0 Å². The van der Waals surface area contributed by atoms with Crippen molar-refractivity contribution in [3.05, 3.63) is 23.8 Å². The van der Waals surface area contributed by atoms with Crippen LogP contribution in [0.1, 0.15) is 31.7 Å². The first-order valence-electron chi connectivity index (χ1n) is 7.06. The third-order valence-corrected chi connectivity index (χ3v) is 4.20. The fraction of sp³-hybridized carbons (Fsp3) is 0.533. The van der Waals surface area contributed by atoms with Crippen molar-refractivity contribution in [3.63, 3.8) is 0 Å². The second kappa shape index (κ2) is 4.85. The van der Waals surface area contributed by atoms with Crippen molar-refractivity contribution in [3.8, 4) is 0 Å². The summed E-state index contributed by atoms with van der Waals surface area (Å²) < 4.78 is 0. The van der Waals surface area contributed by atoms with E-state index in [2.05, 4.69) is 23.5 Å². The molecule has 4 heteroatoms. The number of rotatable bonds is 2. The van der Waals surface area contributed by atoms with Crippen molar-refractivity contribution in [2.24, 2.45) is 5.73 Å². The highest BCUT2D eigenvalue weighted by Gasteiger charge is 2.24. The molecule has 1 heterocycles. The van der Waals surface area contributed by atoms with Gasteiger partial charge in [0, 0.05) is 36.9 Å². The number of nitrogens with zero attached hydrogens (tertiary/aromatic N) is 1. The molecule has 3 rings (SSSR count). The summed E-state index contributed by atoms with van der Waals surface area (Å²) in [5, 5.41) is 3.56. The molecule has 1 aliphatic heterocycles. The topological polar surface area (TPSA) is 58.4 Å². The minimum absolute atomic E-state index is 0.126.